The summed E-state index contributed by atoms with van der Waals surface area (Å²) in [4.78, 5) is 149. The maximum Gasteiger partial charge on any atom is 0.303 e. The number of carbonyl (C=O) groups excluding carboxylic acids is 12. The lowest BCUT2D eigenvalue weighted by Crippen LogP contribution is -2.62. The third kappa shape index (κ3) is 31.9. The molecular formula is C64H106N6O24. The minimum atomic E-state index is -0.984. The van der Waals surface area contributed by atoms with E-state index in [0.717, 1.165) is 0 Å². The number of unbranched alkanes of at least 4 members (excludes halogenated alkanes) is 4. The van der Waals surface area contributed by atoms with Gasteiger partial charge in [-0.25, -0.2) is 0 Å². The molecule has 0 aromatic heterocycles. The van der Waals surface area contributed by atoms with Crippen molar-refractivity contribution < 1.29 is 114 Å². The second-order valence-electron chi connectivity index (χ2n) is 24.2. The third-order valence-corrected chi connectivity index (χ3v) is 15.9. The molecule has 0 aromatic rings. The van der Waals surface area contributed by atoms with Gasteiger partial charge in [0.15, 0.2) is 18.9 Å². The molecule has 3 aliphatic heterocycles. The number of nitrogens with one attached hydrogen (secondary N) is 5. The number of rotatable bonds is 43. The number of hydrogen-bond donors (Lipinski definition) is 5. The number of Topliss-reactive ketones (excluding diaryl/α,β-unsaturated/α-hetero) is 1. The zero-order valence-electron chi connectivity index (χ0n) is 57.1. The van der Waals surface area contributed by atoms with Crippen LogP contribution in [0, 0.1) is 17.8 Å². The van der Waals surface area contributed by atoms with Gasteiger partial charge in [0.1, 0.15) is 62.2 Å². The SMILES string of the molecule is CC(=O)NC1[C@H](OCCCCC(=O)CCCCN(CCCNCCCNC(=O)CCCCO[C@@H]2OC(COC(C)=O)[C@H](OC(C)=O)[C@H](C)C2NC(C)=O)C(=O)CCCCO[C@@H]2OC(COC(C)=O)[C@H](OC(C)=O)[C@H](C)C2NC(C)=O)OC(COC(C)=O)[C@H](OC(C)=O)[C@@H]1C. The predicted octanol–water partition coefficient (Wildman–Crippen LogP) is 2.68. The van der Waals surface area contributed by atoms with Crippen LogP contribution in [0.15, 0.2) is 0 Å². The molecule has 3 rings (SSSR count). The van der Waals surface area contributed by atoms with E-state index in [-0.39, 0.29) is 87.8 Å². The van der Waals surface area contributed by atoms with Crippen LogP contribution in [0.25, 0.3) is 0 Å². The Kier molecular flexibility index (Phi) is 38.6. The summed E-state index contributed by atoms with van der Waals surface area (Å²) in [6.07, 6.45) is -1.59. The standard InChI is InChI=1S/C64H106N6O24/c1-38-56(67-41(4)71)62(92-51(35-86-44(7)74)59(38)89-47(10)77)83-32-18-14-24-50(80)23-13-17-30-70(55(82)26-16-20-34-85-64-58(69-43(6)73)40(3)61(91-49(12)79)53(94-64)37-88-46(9)76)31-22-28-65-27-21-29-66-54(81)25-15-19-33-84-63-57(68-42(5)72)39(2)60(90-48(11)78)52(93-63)36-87-45(8)75/h38-40,51-53,56-65H,13-37H2,1-12H3,(H,66,81)(H,67,71)(H,68,72)(H,69,73)/t38-,39-,40-,51?,52?,53?,56?,57?,58?,59-,60-,61-,62-,63-,64-/m1/s1. The molecule has 0 aromatic carbocycles. The van der Waals surface area contributed by atoms with Crippen LogP contribution < -0.4 is 26.6 Å². The average molecular weight is 1340 g/mol. The van der Waals surface area contributed by atoms with E-state index < -0.39 is 127 Å². The van der Waals surface area contributed by atoms with Gasteiger partial charge in [-0.1, -0.05) is 20.8 Å². The Bertz CT molecular complexity index is 2430. The zero-order chi connectivity index (χ0) is 69.9. The molecule has 30 heteroatoms. The molecule has 3 heterocycles. The number of amides is 5. The van der Waals surface area contributed by atoms with Crippen LogP contribution in [0.3, 0.4) is 0 Å². The lowest BCUT2D eigenvalue weighted by molar-refractivity contribution is -0.262. The van der Waals surface area contributed by atoms with Gasteiger partial charge in [0.25, 0.3) is 0 Å². The highest BCUT2D eigenvalue weighted by molar-refractivity contribution is 5.78. The van der Waals surface area contributed by atoms with Gasteiger partial charge in [-0.2, -0.15) is 0 Å². The molecule has 94 heavy (non-hydrogen) atoms. The molecule has 3 fully saturated rings. The van der Waals surface area contributed by atoms with Crippen LogP contribution in [-0.2, 0) is 114 Å². The Morgan fingerprint density at radius 2 is 0.723 bits per heavy atom. The highest BCUT2D eigenvalue weighted by Crippen LogP contribution is 2.33. The van der Waals surface area contributed by atoms with E-state index in [2.05, 4.69) is 26.6 Å². The molecule has 5 amide bonds. The number of esters is 6. The van der Waals surface area contributed by atoms with Gasteiger partial charge in [0.05, 0.1) is 18.1 Å². The summed E-state index contributed by atoms with van der Waals surface area (Å²) < 4.78 is 68.7. The molecule has 5 N–H and O–H groups in total. The van der Waals surface area contributed by atoms with Gasteiger partial charge in [-0.15, -0.1) is 0 Å². The first-order valence-electron chi connectivity index (χ1n) is 32.9. The molecule has 536 valence electrons. The summed E-state index contributed by atoms with van der Waals surface area (Å²) in [5, 5.41) is 14.8. The summed E-state index contributed by atoms with van der Waals surface area (Å²) in [5.41, 5.74) is 0. The number of nitrogens with zero attached hydrogens (tertiary/aromatic N) is 1. The molecule has 0 saturated carbocycles. The quantitative estimate of drug-likeness (QED) is 0.0333. The van der Waals surface area contributed by atoms with Crippen molar-refractivity contribution in [2.75, 3.05) is 72.4 Å². The third-order valence-electron chi connectivity index (χ3n) is 15.9. The van der Waals surface area contributed by atoms with Crippen molar-refractivity contribution in [3.8, 4) is 0 Å². The highest BCUT2D eigenvalue weighted by Gasteiger charge is 2.50. The monoisotopic (exact) mass is 1340 g/mol. The minimum absolute atomic E-state index is 0.0516. The van der Waals surface area contributed by atoms with Crippen molar-refractivity contribution in [2.45, 2.75) is 247 Å². The van der Waals surface area contributed by atoms with Crippen molar-refractivity contribution in [1.29, 1.82) is 0 Å². The van der Waals surface area contributed by atoms with E-state index in [0.29, 0.717) is 110 Å². The molecule has 0 radical (unpaired) electrons. The van der Waals surface area contributed by atoms with Crippen LogP contribution in [-0.4, -0.2) is 222 Å². The van der Waals surface area contributed by atoms with Gasteiger partial charge in [0, 0.05) is 145 Å². The largest absolute Gasteiger partial charge is 0.463 e. The van der Waals surface area contributed by atoms with Crippen molar-refractivity contribution in [3.05, 3.63) is 0 Å². The van der Waals surface area contributed by atoms with E-state index in [1.807, 2.05) is 0 Å². The molecule has 3 aliphatic rings. The molecule has 30 nitrogen and oxygen atoms in total. The summed E-state index contributed by atoms with van der Waals surface area (Å²) >= 11 is 0. The van der Waals surface area contributed by atoms with Crippen LogP contribution in [0.5, 0.6) is 0 Å². The number of ketones is 1. The smallest absolute Gasteiger partial charge is 0.303 e. The average Bonchev–Trinajstić information content (AvgIpc) is 0.817. The normalized spacial score (nSPS) is 25.7. The molecule has 3 saturated heterocycles. The Labute approximate surface area is 552 Å². The number of hydrogen-bond acceptors (Lipinski definition) is 25. The van der Waals surface area contributed by atoms with E-state index >= 15 is 0 Å². The van der Waals surface area contributed by atoms with Crippen LogP contribution in [0.4, 0.5) is 0 Å². The minimum Gasteiger partial charge on any atom is -0.463 e. The summed E-state index contributed by atoms with van der Waals surface area (Å²) in [7, 11) is 0. The van der Waals surface area contributed by atoms with Gasteiger partial charge in [0.2, 0.25) is 29.5 Å². The molecule has 0 spiro atoms. The van der Waals surface area contributed by atoms with Crippen LogP contribution in [0.2, 0.25) is 0 Å². The van der Waals surface area contributed by atoms with E-state index in [9.17, 15) is 57.5 Å². The fraction of sp³-hybridized carbons (Fsp3) is 0.812. The number of carbonyl (C=O) groups is 12. The second kappa shape index (κ2) is 44.3. The molecule has 15 atom stereocenters. The summed E-state index contributed by atoms with van der Waals surface area (Å²) in [5.74, 6) is -5.96. The summed E-state index contributed by atoms with van der Waals surface area (Å²) in [6, 6.07) is -2.08. The Morgan fingerprint density at radius 1 is 0.383 bits per heavy atom. The maximum absolute atomic E-state index is 13.9. The maximum atomic E-state index is 13.9. The Hall–Kier alpha value is -6.44. The Balaban J connectivity index is 1.51. The lowest BCUT2D eigenvalue weighted by atomic mass is 9.88. The second-order valence-corrected chi connectivity index (χ2v) is 24.2. The topological polar surface area (TPSA) is 379 Å². The first kappa shape index (κ1) is 81.8. The number of ether oxygens (including phenoxy) is 12. The summed E-state index contributed by atoms with van der Waals surface area (Å²) in [6.45, 7) is 19.3. The lowest BCUT2D eigenvalue weighted by Gasteiger charge is -2.44. The fourth-order valence-electron chi connectivity index (χ4n) is 11.3. The van der Waals surface area contributed by atoms with Crippen LogP contribution in [0.1, 0.15) is 173 Å². The van der Waals surface area contributed by atoms with Gasteiger partial charge < -0.3 is 88.3 Å². The van der Waals surface area contributed by atoms with E-state index in [4.69, 9.17) is 56.8 Å². The molecule has 0 bridgehead atoms. The van der Waals surface area contributed by atoms with E-state index in [1.54, 1.807) is 25.7 Å². The van der Waals surface area contributed by atoms with Crippen molar-refractivity contribution in [2.24, 2.45) is 17.8 Å². The van der Waals surface area contributed by atoms with Crippen molar-refractivity contribution in [1.82, 2.24) is 31.5 Å². The zero-order valence-corrected chi connectivity index (χ0v) is 57.1. The first-order chi connectivity index (χ1) is 44.6. The highest BCUT2D eigenvalue weighted by atomic mass is 16.7. The van der Waals surface area contributed by atoms with Gasteiger partial charge in [-0.05, 0) is 77.3 Å². The Morgan fingerprint density at radius 3 is 1.09 bits per heavy atom. The van der Waals surface area contributed by atoms with E-state index in [1.165, 1.54) is 62.3 Å². The predicted molar refractivity (Wildman–Crippen MR) is 333 cm³/mol. The van der Waals surface area contributed by atoms with Gasteiger partial charge >= 0.3 is 35.8 Å². The first-order valence-corrected chi connectivity index (χ1v) is 32.9. The molecule has 0 aliphatic carbocycles. The molecule has 6 unspecified atom stereocenters. The van der Waals surface area contributed by atoms with Crippen molar-refractivity contribution >= 4 is 71.1 Å². The fourth-order valence-corrected chi connectivity index (χ4v) is 11.3. The molecular weight excluding hydrogens is 1240 g/mol. The van der Waals surface area contributed by atoms with Gasteiger partial charge in [-0.3, -0.25) is 57.5 Å². The van der Waals surface area contributed by atoms with Crippen LogP contribution >= 0.6 is 0 Å². The van der Waals surface area contributed by atoms with Crippen molar-refractivity contribution in [3.63, 3.8) is 0 Å².